The van der Waals surface area contributed by atoms with Gasteiger partial charge in [-0.25, -0.2) is 18.1 Å². The molecule has 3 aromatic heterocycles. The molecular formula is C22H27FN4O2S. The van der Waals surface area contributed by atoms with Gasteiger partial charge in [-0.2, -0.15) is 4.39 Å². The summed E-state index contributed by atoms with van der Waals surface area (Å²) in [6.07, 6.45) is 6.76. The Morgan fingerprint density at radius 2 is 1.80 bits per heavy atom. The molecule has 0 unspecified atom stereocenters. The maximum Gasteiger partial charge on any atom is 0.216 e. The Morgan fingerprint density at radius 1 is 1.07 bits per heavy atom. The van der Waals surface area contributed by atoms with E-state index in [9.17, 15) is 12.8 Å². The number of sulfonamides is 1. The Labute approximate surface area is 176 Å². The number of nitrogens with zero attached hydrogens (tertiary/aromatic N) is 2. The molecule has 0 radical (unpaired) electrons. The van der Waals surface area contributed by atoms with E-state index < -0.39 is 20.7 Å². The van der Waals surface area contributed by atoms with Gasteiger partial charge in [-0.05, 0) is 76.6 Å². The molecule has 30 heavy (non-hydrogen) atoms. The molecule has 0 aromatic carbocycles. The highest BCUT2D eigenvalue weighted by Crippen LogP contribution is 2.35. The average Bonchev–Trinajstić information content (AvgIpc) is 3.11. The maximum atomic E-state index is 13.1. The summed E-state index contributed by atoms with van der Waals surface area (Å²) < 4.78 is 40.0. The lowest BCUT2D eigenvalue weighted by molar-refractivity contribution is 0.368. The number of fused-ring (bicyclic) bond motifs is 1. The van der Waals surface area contributed by atoms with Gasteiger partial charge in [0.1, 0.15) is 0 Å². The van der Waals surface area contributed by atoms with Crippen molar-refractivity contribution in [3.8, 4) is 11.3 Å². The second-order valence-electron chi connectivity index (χ2n) is 9.03. The SMILES string of the molecule is CC(C)(C)S(=O)(=O)NC1CCC(c2cc3cc(-c4ccc(F)nc4)ncc3[nH]2)CC1. The van der Waals surface area contributed by atoms with Crippen molar-refractivity contribution in [1.29, 1.82) is 0 Å². The van der Waals surface area contributed by atoms with Gasteiger partial charge in [-0.3, -0.25) is 4.98 Å². The summed E-state index contributed by atoms with van der Waals surface area (Å²) in [5, 5.41) is 1.05. The van der Waals surface area contributed by atoms with Crippen LogP contribution in [-0.2, 0) is 10.0 Å². The first-order valence-electron chi connectivity index (χ1n) is 10.2. The van der Waals surface area contributed by atoms with Crippen molar-refractivity contribution in [1.82, 2.24) is 19.7 Å². The van der Waals surface area contributed by atoms with Crippen LogP contribution in [0.3, 0.4) is 0 Å². The number of aromatic amines is 1. The van der Waals surface area contributed by atoms with E-state index in [0.717, 1.165) is 53.5 Å². The van der Waals surface area contributed by atoms with Crippen LogP contribution in [0, 0.1) is 5.95 Å². The minimum atomic E-state index is -3.33. The number of aromatic nitrogens is 3. The maximum absolute atomic E-state index is 13.1. The molecule has 0 bridgehead atoms. The van der Waals surface area contributed by atoms with Crippen LogP contribution in [0.4, 0.5) is 4.39 Å². The smallest absolute Gasteiger partial charge is 0.216 e. The normalized spacial score (nSPS) is 20.5. The highest BCUT2D eigenvalue weighted by molar-refractivity contribution is 7.90. The van der Waals surface area contributed by atoms with Gasteiger partial charge in [0.25, 0.3) is 0 Å². The first kappa shape index (κ1) is 20.9. The van der Waals surface area contributed by atoms with Gasteiger partial charge in [-0.1, -0.05) is 0 Å². The zero-order chi connectivity index (χ0) is 21.5. The van der Waals surface area contributed by atoms with Crippen molar-refractivity contribution in [2.75, 3.05) is 0 Å². The van der Waals surface area contributed by atoms with Crippen molar-refractivity contribution in [2.24, 2.45) is 0 Å². The molecule has 1 aliphatic rings. The molecule has 1 aliphatic carbocycles. The molecule has 1 fully saturated rings. The summed E-state index contributed by atoms with van der Waals surface area (Å²) in [5.41, 5.74) is 3.63. The molecule has 0 saturated heterocycles. The van der Waals surface area contributed by atoms with Crippen molar-refractivity contribution in [3.05, 3.63) is 48.3 Å². The predicted molar refractivity (Wildman–Crippen MR) is 116 cm³/mol. The fourth-order valence-corrected chi connectivity index (χ4v) is 4.91. The van der Waals surface area contributed by atoms with Crippen LogP contribution in [-0.4, -0.2) is 34.2 Å². The predicted octanol–water partition coefficient (Wildman–Crippen LogP) is 4.51. The van der Waals surface area contributed by atoms with Crippen LogP contribution < -0.4 is 4.72 Å². The van der Waals surface area contributed by atoms with E-state index in [1.165, 1.54) is 12.3 Å². The molecule has 0 amide bonds. The minimum absolute atomic E-state index is 0.00546. The summed E-state index contributed by atoms with van der Waals surface area (Å²) in [7, 11) is -3.33. The van der Waals surface area contributed by atoms with Crippen LogP contribution in [0.1, 0.15) is 58.1 Å². The molecule has 160 valence electrons. The van der Waals surface area contributed by atoms with Crippen molar-refractivity contribution < 1.29 is 12.8 Å². The van der Waals surface area contributed by atoms with Crippen LogP contribution >= 0.6 is 0 Å². The lowest BCUT2D eigenvalue weighted by Crippen LogP contribution is -2.45. The number of pyridine rings is 2. The topological polar surface area (TPSA) is 87.7 Å². The number of H-pyrrole nitrogens is 1. The highest BCUT2D eigenvalue weighted by Gasteiger charge is 2.33. The quantitative estimate of drug-likeness (QED) is 0.596. The molecular weight excluding hydrogens is 403 g/mol. The molecule has 0 spiro atoms. The number of rotatable bonds is 4. The second kappa shape index (κ2) is 7.74. The molecule has 4 rings (SSSR count). The number of hydrogen-bond donors (Lipinski definition) is 2. The van der Waals surface area contributed by atoms with Gasteiger partial charge in [0.15, 0.2) is 0 Å². The molecule has 3 aromatic rings. The molecule has 0 atom stereocenters. The van der Waals surface area contributed by atoms with E-state index in [1.54, 1.807) is 33.0 Å². The van der Waals surface area contributed by atoms with Crippen LogP contribution in [0.25, 0.3) is 22.2 Å². The van der Waals surface area contributed by atoms with Gasteiger partial charge >= 0.3 is 0 Å². The molecule has 0 aliphatic heterocycles. The van der Waals surface area contributed by atoms with Crippen molar-refractivity contribution >= 4 is 20.9 Å². The minimum Gasteiger partial charge on any atom is -0.357 e. The van der Waals surface area contributed by atoms with E-state index in [4.69, 9.17) is 0 Å². The number of nitrogens with one attached hydrogen (secondary N) is 2. The fraction of sp³-hybridized carbons (Fsp3) is 0.455. The fourth-order valence-electron chi connectivity index (χ4n) is 3.88. The monoisotopic (exact) mass is 430 g/mol. The average molecular weight is 431 g/mol. The van der Waals surface area contributed by atoms with E-state index in [1.807, 2.05) is 6.07 Å². The van der Waals surface area contributed by atoms with Crippen LogP contribution in [0.15, 0.2) is 36.7 Å². The standard InChI is InChI=1S/C22H27FN4O2S/c1-22(2,3)30(28,29)27-17-7-4-14(5-8-17)19-11-16-10-18(24-13-20(16)26-19)15-6-9-21(23)25-12-15/h6,9-14,17,26-27H,4-5,7-8H2,1-3H3. The first-order valence-corrected chi connectivity index (χ1v) is 11.7. The third-order valence-corrected chi connectivity index (χ3v) is 8.10. The summed E-state index contributed by atoms with van der Waals surface area (Å²) in [5.74, 6) is -0.145. The zero-order valence-corrected chi connectivity index (χ0v) is 18.3. The van der Waals surface area contributed by atoms with E-state index >= 15 is 0 Å². The van der Waals surface area contributed by atoms with E-state index in [-0.39, 0.29) is 6.04 Å². The molecule has 3 heterocycles. The summed E-state index contributed by atoms with van der Waals surface area (Å²) in [6.45, 7) is 5.15. The van der Waals surface area contributed by atoms with Gasteiger partial charge in [0.05, 0.1) is 22.2 Å². The summed E-state index contributed by atoms with van der Waals surface area (Å²) >= 11 is 0. The molecule has 8 heteroatoms. The second-order valence-corrected chi connectivity index (χ2v) is 11.5. The Kier molecular flexibility index (Phi) is 5.40. The Hall–Kier alpha value is -2.32. The first-order chi connectivity index (χ1) is 14.1. The van der Waals surface area contributed by atoms with Gasteiger partial charge in [0, 0.05) is 28.9 Å². The van der Waals surface area contributed by atoms with Crippen LogP contribution in [0.2, 0.25) is 0 Å². The van der Waals surface area contributed by atoms with Crippen LogP contribution in [0.5, 0.6) is 0 Å². The Bertz CT molecular complexity index is 1140. The van der Waals surface area contributed by atoms with Crippen molar-refractivity contribution in [2.45, 2.75) is 63.2 Å². The van der Waals surface area contributed by atoms with E-state index in [0.29, 0.717) is 5.92 Å². The Morgan fingerprint density at radius 3 is 2.43 bits per heavy atom. The lowest BCUT2D eigenvalue weighted by Gasteiger charge is -2.31. The Balaban J connectivity index is 1.46. The van der Waals surface area contributed by atoms with Gasteiger partial charge in [-0.15, -0.1) is 0 Å². The van der Waals surface area contributed by atoms with Gasteiger partial charge in [0.2, 0.25) is 16.0 Å². The number of halogens is 1. The van der Waals surface area contributed by atoms with Gasteiger partial charge < -0.3 is 4.98 Å². The summed E-state index contributed by atoms with van der Waals surface area (Å²) in [4.78, 5) is 11.6. The van der Waals surface area contributed by atoms with E-state index in [2.05, 4.69) is 25.7 Å². The lowest BCUT2D eigenvalue weighted by atomic mass is 9.84. The van der Waals surface area contributed by atoms with Crippen molar-refractivity contribution in [3.63, 3.8) is 0 Å². The summed E-state index contributed by atoms with van der Waals surface area (Å²) in [6, 6.07) is 7.11. The number of hydrogen-bond acceptors (Lipinski definition) is 4. The third-order valence-electron chi connectivity index (χ3n) is 5.84. The highest BCUT2D eigenvalue weighted by atomic mass is 32.2. The third kappa shape index (κ3) is 4.25. The molecule has 1 saturated carbocycles. The largest absolute Gasteiger partial charge is 0.357 e. The molecule has 2 N–H and O–H groups in total. The zero-order valence-electron chi connectivity index (χ0n) is 17.4. The molecule has 6 nitrogen and oxygen atoms in total.